The van der Waals surface area contributed by atoms with Gasteiger partial charge in [-0.3, -0.25) is 0 Å². The maximum absolute atomic E-state index is 9.14. The molecule has 0 atom stereocenters. The Morgan fingerprint density at radius 2 is 2.36 bits per heavy atom. The van der Waals surface area contributed by atoms with Crippen molar-refractivity contribution in [1.29, 1.82) is 0 Å². The van der Waals surface area contributed by atoms with E-state index in [-0.39, 0.29) is 5.95 Å². The Labute approximate surface area is 61.0 Å². The Balaban J connectivity index is 2.56. The maximum Gasteiger partial charge on any atom is 0.309 e. The molecule has 11 heavy (non-hydrogen) atoms. The molecular weight excluding hydrogens is 150 g/mol. The van der Waals surface area contributed by atoms with Gasteiger partial charge in [-0.15, -0.1) is 0 Å². The average molecular weight is 155 g/mol. The molecule has 2 rings (SSSR count). The quantitative estimate of drug-likeness (QED) is 0.387. The third-order valence-corrected chi connectivity index (χ3v) is 1.26. The molecule has 0 aromatic carbocycles. The molecular formula is C4H5N5O2. The molecule has 0 aliphatic carbocycles. The van der Waals surface area contributed by atoms with E-state index in [4.69, 9.17) is 10.2 Å². The van der Waals surface area contributed by atoms with Crippen LogP contribution >= 0.6 is 0 Å². The SMILES string of the molecule is OC1(O)C=NNc2ncnn21. The van der Waals surface area contributed by atoms with Crippen molar-refractivity contribution in [1.82, 2.24) is 14.8 Å². The van der Waals surface area contributed by atoms with Gasteiger partial charge in [0.2, 0.25) is 5.95 Å². The van der Waals surface area contributed by atoms with Crippen LogP contribution in [0.4, 0.5) is 5.95 Å². The summed E-state index contributed by atoms with van der Waals surface area (Å²) < 4.78 is 0.903. The standard InChI is InChI=1S/C4H5N5O2/c10-4(11)1-6-8-3-5-2-7-9(3)4/h1-2,10-11H,(H,5,7,8). The van der Waals surface area contributed by atoms with Crippen LogP contribution < -0.4 is 5.43 Å². The summed E-state index contributed by atoms with van der Waals surface area (Å²) in [5.41, 5.74) is 2.44. The van der Waals surface area contributed by atoms with Gasteiger partial charge in [0, 0.05) is 0 Å². The van der Waals surface area contributed by atoms with Gasteiger partial charge in [-0.25, -0.2) is 5.43 Å². The van der Waals surface area contributed by atoms with Gasteiger partial charge in [-0.05, 0) is 0 Å². The smallest absolute Gasteiger partial charge is 0.309 e. The Morgan fingerprint density at radius 3 is 3.09 bits per heavy atom. The molecule has 0 amide bonds. The van der Waals surface area contributed by atoms with E-state index in [1.165, 1.54) is 6.33 Å². The number of hydrogen-bond donors (Lipinski definition) is 3. The predicted octanol–water partition coefficient (Wildman–Crippen LogP) is -1.72. The highest BCUT2D eigenvalue weighted by atomic mass is 16.5. The van der Waals surface area contributed by atoms with E-state index in [1.807, 2.05) is 0 Å². The average Bonchev–Trinajstić information content (AvgIpc) is 2.34. The first-order valence-corrected chi connectivity index (χ1v) is 2.85. The van der Waals surface area contributed by atoms with Crippen molar-refractivity contribution in [3.8, 4) is 0 Å². The van der Waals surface area contributed by atoms with Gasteiger partial charge in [-0.2, -0.15) is 19.9 Å². The van der Waals surface area contributed by atoms with E-state index in [0.717, 1.165) is 10.9 Å². The zero-order chi connectivity index (χ0) is 7.90. The summed E-state index contributed by atoms with van der Waals surface area (Å²) >= 11 is 0. The first kappa shape index (κ1) is 6.25. The molecule has 3 N–H and O–H groups in total. The molecule has 2 heterocycles. The van der Waals surface area contributed by atoms with Crippen LogP contribution in [0.1, 0.15) is 0 Å². The lowest BCUT2D eigenvalue weighted by molar-refractivity contribution is -0.169. The topological polar surface area (TPSA) is 95.6 Å². The van der Waals surface area contributed by atoms with Gasteiger partial charge in [0.15, 0.2) is 0 Å². The molecule has 1 aliphatic heterocycles. The van der Waals surface area contributed by atoms with E-state index < -0.39 is 5.91 Å². The zero-order valence-corrected chi connectivity index (χ0v) is 5.34. The first-order chi connectivity index (χ1) is 5.20. The largest absolute Gasteiger partial charge is 0.343 e. The molecule has 7 heteroatoms. The number of aromatic nitrogens is 3. The number of aliphatic hydroxyl groups is 2. The molecule has 0 saturated heterocycles. The normalized spacial score (nSPS) is 19.1. The van der Waals surface area contributed by atoms with Gasteiger partial charge >= 0.3 is 5.91 Å². The minimum absolute atomic E-state index is 0.192. The van der Waals surface area contributed by atoms with Crippen molar-refractivity contribution >= 4 is 12.2 Å². The van der Waals surface area contributed by atoms with Crippen molar-refractivity contribution < 1.29 is 10.2 Å². The summed E-state index contributed by atoms with van der Waals surface area (Å²) in [5.74, 6) is -1.98. The molecule has 0 spiro atoms. The van der Waals surface area contributed by atoms with E-state index >= 15 is 0 Å². The number of hydrogen-bond acceptors (Lipinski definition) is 6. The summed E-state index contributed by atoms with van der Waals surface area (Å²) in [7, 11) is 0. The third kappa shape index (κ3) is 0.785. The molecule has 1 aromatic rings. The molecule has 0 radical (unpaired) electrons. The van der Waals surface area contributed by atoms with E-state index in [0.29, 0.717) is 0 Å². The monoisotopic (exact) mass is 155 g/mol. The van der Waals surface area contributed by atoms with Crippen molar-refractivity contribution in [2.24, 2.45) is 5.10 Å². The molecule has 0 fully saturated rings. The Kier molecular flexibility index (Phi) is 1.01. The molecule has 1 aliphatic rings. The fraction of sp³-hybridized carbons (Fsp3) is 0.250. The number of anilines is 1. The van der Waals surface area contributed by atoms with Crippen LogP contribution in [0, 0.1) is 0 Å². The molecule has 7 nitrogen and oxygen atoms in total. The zero-order valence-electron chi connectivity index (χ0n) is 5.34. The Morgan fingerprint density at radius 1 is 1.55 bits per heavy atom. The summed E-state index contributed by atoms with van der Waals surface area (Å²) in [4.78, 5) is 3.66. The molecule has 58 valence electrons. The van der Waals surface area contributed by atoms with Gasteiger partial charge in [0.25, 0.3) is 0 Å². The maximum atomic E-state index is 9.14. The highest BCUT2D eigenvalue weighted by Gasteiger charge is 2.30. The molecule has 0 bridgehead atoms. The summed E-state index contributed by atoms with van der Waals surface area (Å²) in [6.07, 6.45) is 2.10. The van der Waals surface area contributed by atoms with Crippen LogP contribution in [0.5, 0.6) is 0 Å². The van der Waals surface area contributed by atoms with Crippen LogP contribution in [0.2, 0.25) is 0 Å². The van der Waals surface area contributed by atoms with Crippen LogP contribution in [0.25, 0.3) is 0 Å². The van der Waals surface area contributed by atoms with Gasteiger partial charge < -0.3 is 10.2 Å². The molecule has 0 saturated carbocycles. The second kappa shape index (κ2) is 1.77. The van der Waals surface area contributed by atoms with Crippen LogP contribution in [-0.2, 0) is 5.91 Å². The number of nitrogens with one attached hydrogen (secondary N) is 1. The number of fused-ring (bicyclic) bond motifs is 1. The number of rotatable bonds is 0. The Hall–Kier alpha value is -1.47. The van der Waals surface area contributed by atoms with Gasteiger partial charge in [-0.1, -0.05) is 0 Å². The molecule has 1 aromatic heterocycles. The molecule has 0 unspecified atom stereocenters. The number of nitrogens with zero attached hydrogens (tertiary/aromatic N) is 4. The third-order valence-electron chi connectivity index (χ3n) is 1.26. The highest BCUT2D eigenvalue weighted by Crippen LogP contribution is 2.14. The lowest BCUT2D eigenvalue weighted by atomic mass is 10.5. The van der Waals surface area contributed by atoms with E-state index in [9.17, 15) is 0 Å². The predicted molar refractivity (Wildman–Crippen MR) is 34.5 cm³/mol. The summed E-state index contributed by atoms with van der Waals surface area (Å²) in [5, 5.41) is 25.3. The van der Waals surface area contributed by atoms with Crippen molar-refractivity contribution in [2.45, 2.75) is 5.91 Å². The Bertz CT molecular complexity index is 303. The van der Waals surface area contributed by atoms with Gasteiger partial charge in [0.05, 0.1) is 0 Å². The van der Waals surface area contributed by atoms with Crippen molar-refractivity contribution in [2.75, 3.05) is 5.43 Å². The fourth-order valence-electron chi connectivity index (χ4n) is 0.790. The number of hydrazone groups is 1. The second-order valence-corrected chi connectivity index (χ2v) is 2.05. The van der Waals surface area contributed by atoms with Crippen molar-refractivity contribution in [3.63, 3.8) is 0 Å². The van der Waals surface area contributed by atoms with Gasteiger partial charge in [0.1, 0.15) is 12.5 Å². The van der Waals surface area contributed by atoms with E-state index in [1.54, 1.807) is 0 Å². The minimum Gasteiger partial charge on any atom is -0.343 e. The van der Waals surface area contributed by atoms with Crippen molar-refractivity contribution in [3.05, 3.63) is 6.33 Å². The van der Waals surface area contributed by atoms with Crippen LogP contribution in [0.15, 0.2) is 11.4 Å². The fourth-order valence-corrected chi connectivity index (χ4v) is 0.790. The lowest BCUT2D eigenvalue weighted by Gasteiger charge is -2.20. The van der Waals surface area contributed by atoms with E-state index in [2.05, 4.69) is 20.6 Å². The first-order valence-electron chi connectivity index (χ1n) is 2.85. The second-order valence-electron chi connectivity index (χ2n) is 2.05. The van der Waals surface area contributed by atoms with Crippen LogP contribution in [0.3, 0.4) is 0 Å². The summed E-state index contributed by atoms with van der Waals surface area (Å²) in [6.45, 7) is 0. The summed E-state index contributed by atoms with van der Waals surface area (Å²) in [6, 6.07) is 0. The van der Waals surface area contributed by atoms with Crippen LogP contribution in [-0.4, -0.2) is 31.2 Å². The minimum atomic E-state index is -2.17. The lowest BCUT2D eigenvalue weighted by Crippen LogP contribution is -2.39. The highest BCUT2D eigenvalue weighted by molar-refractivity contribution is 5.66.